The van der Waals surface area contributed by atoms with Crippen LogP contribution in [0.4, 0.5) is 0 Å². The van der Waals surface area contributed by atoms with Crippen molar-refractivity contribution in [3.05, 3.63) is 71.1 Å². The second-order valence-corrected chi connectivity index (χ2v) is 6.50. The smallest absolute Gasteiger partial charge is 0.340 e. The van der Waals surface area contributed by atoms with Gasteiger partial charge in [-0.05, 0) is 41.1 Å². The maximum atomic E-state index is 13.0. The minimum absolute atomic E-state index is 0.236. The number of benzene rings is 2. The minimum atomic E-state index is -0.446. The molecule has 4 aromatic rings. The fraction of sp³-hybridized carbons (Fsp3) is 0.150. The number of aromatic nitrogens is 5. The summed E-state index contributed by atoms with van der Waals surface area (Å²) in [4.78, 5) is 17.7. The van der Waals surface area contributed by atoms with Crippen molar-refractivity contribution in [2.75, 3.05) is 6.61 Å². The molecule has 0 atom stereocenters. The number of carbonyl (C=O) groups is 1. The molecule has 0 aliphatic rings. The topological polar surface area (TPSA) is 82.8 Å². The first kappa shape index (κ1) is 18.1. The molecule has 0 unspecified atom stereocenters. The Morgan fingerprint density at radius 2 is 2.00 bits per heavy atom. The Balaban J connectivity index is 2.06. The van der Waals surface area contributed by atoms with Gasteiger partial charge in [-0.25, -0.2) is 14.5 Å². The Hall–Kier alpha value is -3.32. The van der Waals surface area contributed by atoms with Crippen molar-refractivity contribution in [3.63, 3.8) is 0 Å². The summed E-state index contributed by atoms with van der Waals surface area (Å²) >= 11 is 6.25. The molecule has 28 heavy (non-hydrogen) atoms. The van der Waals surface area contributed by atoms with E-state index in [0.717, 1.165) is 22.0 Å². The number of halogens is 1. The highest BCUT2D eigenvalue weighted by molar-refractivity contribution is 6.31. The predicted octanol–water partition coefficient (Wildman–Crippen LogP) is 3.77. The van der Waals surface area contributed by atoms with E-state index in [1.165, 1.54) is 11.0 Å². The Labute approximate surface area is 165 Å². The number of pyridine rings is 1. The van der Waals surface area contributed by atoms with E-state index < -0.39 is 5.97 Å². The number of nitrogens with zero attached hydrogens (tertiary/aromatic N) is 5. The molecule has 0 bridgehead atoms. The SMILES string of the molecule is CCOC(=O)c1c(Cn2cnnn2)nc2ccc(Cl)cc2c1-c1ccccc1. The van der Waals surface area contributed by atoms with Crippen molar-refractivity contribution in [3.8, 4) is 11.1 Å². The Bertz CT molecular complexity index is 1130. The molecule has 2 aromatic carbocycles. The predicted molar refractivity (Wildman–Crippen MR) is 105 cm³/mol. The van der Waals surface area contributed by atoms with Gasteiger partial charge in [0.2, 0.25) is 0 Å². The molecule has 4 rings (SSSR count). The molecule has 0 saturated heterocycles. The van der Waals surface area contributed by atoms with Crippen LogP contribution in [-0.2, 0) is 11.3 Å². The molecule has 0 aliphatic heterocycles. The Morgan fingerprint density at radius 1 is 1.18 bits per heavy atom. The van der Waals surface area contributed by atoms with Crippen LogP contribution in [-0.4, -0.2) is 37.8 Å². The number of carbonyl (C=O) groups excluding carboxylic acids is 1. The summed E-state index contributed by atoms with van der Waals surface area (Å²) in [5, 5.41) is 12.6. The molecule has 0 amide bonds. The Morgan fingerprint density at radius 3 is 2.71 bits per heavy atom. The van der Waals surface area contributed by atoms with Gasteiger partial charge in [0.05, 0.1) is 29.9 Å². The largest absolute Gasteiger partial charge is 0.462 e. The summed E-state index contributed by atoms with van der Waals surface area (Å²) in [5.74, 6) is -0.446. The monoisotopic (exact) mass is 393 g/mol. The van der Waals surface area contributed by atoms with Crippen molar-refractivity contribution in [1.29, 1.82) is 0 Å². The lowest BCUT2D eigenvalue weighted by molar-refractivity contribution is 0.0525. The van der Waals surface area contributed by atoms with Crippen molar-refractivity contribution in [2.45, 2.75) is 13.5 Å². The van der Waals surface area contributed by atoms with Crippen LogP contribution in [0.2, 0.25) is 5.02 Å². The van der Waals surface area contributed by atoms with Gasteiger partial charge >= 0.3 is 5.97 Å². The van der Waals surface area contributed by atoms with Gasteiger partial charge in [0.1, 0.15) is 6.33 Å². The standard InChI is InChI=1S/C20H16ClN5O2/c1-2-28-20(27)19-17(11-26-12-22-24-25-26)23-16-9-8-14(21)10-15(16)18(19)13-6-4-3-5-7-13/h3-10,12H,2,11H2,1H3. The second kappa shape index (κ2) is 7.74. The number of rotatable bonds is 5. The van der Waals surface area contributed by atoms with Crippen LogP contribution in [0.3, 0.4) is 0 Å². The van der Waals surface area contributed by atoms with Gasteiger partial charge in [-0.3, -0.25) is 0 Å². The number of ether oxygens (including phenoxy) is 1. The van der Waals surface area contributed by atoms with Crippen LogP contribution in [0.15, 0.2) is 54.9 Å². The summed E-state index contributed by atoms with van der Waals surface area (Å²) in [6.45, 7) is 2.26. The van der Waals surface area contributed by atoms with E-state index in [9.17, 15) is 4.79 Å². The quantitative estimate of drug-likeness (QED) is 0.480. The number of fused-ring (bicyclic) bond motifs is 1. The lowest BCUT2D eigenvalue weighted by atomic mass is 9.94. The average Bonchev–Trinajstić information content (AvgIpc) is 3.21. The fourth-order valence-corrected chi connectivity index (χ4v) is 3.31. The van der Waals surface area contributed by atoms with Gasteiger partial charge in [0.25, 0.3) is 0 Å². The highest BCUT2D eigenvalue weighted by atomic mass is 35.5. The molecule has 2 heterocycles. The van der Waals surface area contributed by atoms with Gasteiger partial charge in [-0.2, -0.15) is 0 Å². The molecule has 7 nitrogen and oxygen atoms in total. The van der Waals surface area contributed by atoms with E-state index in [2.05, 4.69) is 15.5 Å². The minimum Gasteiger partial charge on any atom is -0.462 e. The van der Waals surface area contributed by atoms with Crippen LogP contribution < -0.4 is 0 Å². The molecule has 140 valence electrons. The molecule has 0 spiro atoms. The van der Waals surface area contributed by atoms with E-state index in [4.69, 9.17) is 21.3 Å². The Kier molecular flexibility index (Phi) is 4.99. The van der Waals surface area contributed by atoms with Crippen molar-refractivity contribution in [1.82, 2.24) is 25.2 Å². The first-order valence-electron chi connectivity index (χ1n) is 8.73. The van der Waals surface area contributed by atoms with E-state index in [1.807, 2.05) is 42.5 Å². The molecule has 0 fully saturated rings. The third kappa shape index (κ3) is 3.44. The van der Waals surface area contributed by atoms with E-state index in [1.54, 1.807) is 13.0 Å². The molecule has 8 heteroatoms. The lowest BCUT2D eigenvalue weighted by Crippen LogP contribution is -2.15. The second-order valence-electron chi connectivity index (χ2n) is 6.06. The molecule has 2 aromatic heterocycles. The maximum absolute atomic E-state index is 13.0. The highest BCUT2D eigenvalue weighted by Gasteiger charge is 2.24. The first-order valence-corrected chi connectivity index (χ1v) is 9.10. The van der Waals surface area contributed by atoms with Gasteiger partial charge < -0.3 is 4.74 Å². The van der Waals surface area contributed by atoms with Crippen molar-refractivity contribution >= 4 is 28.5 Å². The van der Waals surface area contributed by atoms with Crippen LogP contribution >= 0.6 is 11.6 Å². The van der Waals surface area contributed by atoms with E-state index in [-0.39, 0.29) is 13.2 Å². The van der Waals surface area contributed by atoms with Crippen LogP contribution in [0, 0.1) is 0 Å². The van der Waals surface area contributed by atoms with Crippen LogP contribution in [0.1, 0.15) is 23.0 Å². The molecule has 0 radical (unpaired) electrons. The molecular weight excluding hydrogens is 378 g/mol. The van der Waals surface area contributed by atoms with Crippen LogP contribution in [0.5, 0.6) is 0 Å². The van der Waals surface area contributed by atoms with Crippen molar-refractivity contribution < 1.29 is 9.53 Å². The molecular formula is C20H16ClN5O2. The van der Waals surface area contributed by atoms with Crippen LogP contribution in [0.25, 0.3) is 22.0 Å². The average molecular weight is 394 g/mol. The zero-order chi connectivity index (χ0) is 19.5. The van der Waals surface area contributed by atoms with E-state index in [0.29, 0.717) is 16.3 Å². The summed E-state index contributed by atoms with van der Waals surface area (Å²) in [5.41, 5.74) is 3.24. The zero-order valence-corrected chi connectivity index (χ0v) is 15.8. The third-order valence-electron chi connectivity index (χ3n) is 4.27. The summed E-state index contributed by atoms with van der Waals surface area (Å²) < 4.78 is 6.87. The fourth-order valence-electron chi connectivity index (χ4n) is 3.13. The summed E-state index contributed by atoms with van der Waals surface area (Å²) in [6, 6.07) is 15.1. The normalized spacial score (nSPS) is 10.9. The highest BCUT2D eigenvalue weighted by Crippen LogP contribution is 2.35. The number of hydrogen-bond donors (Lipinski definition) is 0. The lowest BCUT2D eigenvalue weighted by Gasteiger charge is -2.16. The van der Waals surface area contributed by atoms with Gasteiger partial charge in [-0.1, -0.05) is 41.9 Å². The summed E-state index contributed by atoms with van der Waals surface area (Å²) in [7, 11) is 0. The summed E-state index contributed by atoms with van der Waals surface area (Å²) in [6.07, 6.45) is 1.48. The molecule has 0 N–H and O–H groups in total. The number of hydrogen-bond acceptors (Lipinski definition) is 6. The van der Waals surface area contributed by atoms with Gasteiger partial charge in [0.15, 0.2) is 0 Å². The number of esters is 1. The third-order valence-corrected chi connectivity index (χ3v) is 4.50. The molecule has 0 aliphatic carbocycles. The van der Waals surface area contributed by atoms with Gasteiger partial charge in [-0.15, -0.1) is 5.10 Å². The van der Waals surface area contributed by atoms with Gasteiger partial charge in [0, 0.05) is 16.0 Å². The molecule has 0 saturated carbocycles. The maximum Gasteiger partial charge on any atom is 0.340 e. The van der Waals surface area contributed by atoms with Crippen molar-refractivity contribution in [2.24, 2.45) is 0 Å². The number of tetrazole rings is 1. The zero-order valence-electron chi connectivity index (χ0n) is 15.0. The first-order chi connectivity index (χ1) is 13.7. The van der Waals surface area contributed by atoms with E-state index >= 15 is 0 Å².